The minimum Gasteiger partial charge on any atom is -0.430 e. The van der Waals surface area contributed by atoms with E-state index in [2.05, 4.69) is 42.7 Å². The van der Waals surface area contributed by atoms with Gasteiger partial charge in [0.25, 0.3) is 0 Å². The summed E-state index contributed by atoms with van der Waals surface area (Å²) in [7, 11) is 0. The Labute approximate surface area is 216 Å². The number of halogens is 2. The molecule has 0 unspecified atom stereocenters. The fourth-order valence-electron chi connectivity index (χ4n) is 4.62. The Bertz CT molecular complexity index is 1430. The van der Waals surface area contributed by atoms with Crippen molar-refractivity contribution < 1.29 is 18.3 Å². The van der Waals surface area contributed by atoms with Crippen molar-refractivity contribution in [3.05, 3.63) is 29.5 Å². The molecule has 0 atom stereocenters. The van der Waals surface area contributed by atoms with Crippen LogP contribution in [0.15, 0.2) is 18.3 Å². The summed E-state index contributed by atoms with van der Waals surface area (Å²) in [5.41, 5.74) is 1.26. The topological polar surface area (TPSA) is 140 Å². The van der Waals surface area contributed by atoms with Gasteiger partial charge in [-0.25, -0.2) is 0 Å². The smallest absolute Gasteiger partial charge is 0.387 e. The van der Waals surface area contributed by atoms with Crippen molar-refractivity contribution in [1.82, 2.24) is 24.5 Å². The molecule has 4 heterocycles. The highest BCUT2D eigenvalue weighted by Crippen LogP contribution is 2.40. The highest BCUT2D eigenvalue weighted by atomic mass is 19.3. The first-order chi connectivity index (χ1) is 18.5. The summed E-state index contributed by atoms with van der Waals surface area (Å²) in [5, 5.41) is 29.6. The van der Waals surface area contributed by atoms with E-state index in [0.29, 0.717) is 44.0 Å². The molecule has 14 heteroatoms. The van der Waals surface area contributed by atoms with E-state index in [0.717, 1.165) is 25.9 Å². The molecule has 1 aromatic carbocycles. The minimum absolute atomic E-state index is 0.0487. The Hall–Kier alpha value is -4.27. The largest absolute Gasteiger partial charge is 0.430 e. The van der Waals surface area contributed by atoms with Gasteiger partial charge >= 0.3 is 6.61 Å². The SMILES string of the molecule is N#Cc1cc(Nc2nc(NC3CC3)n3ncc(C#N)c3n2)c(OC(F)F)c(N2CCN(C3COC3)CC2)c1. The van der Waals surface area contributed by atoms with E-state index in [1.54, 1.807) is 6.07 Å². The third-order valence-corrected chi connectivity index (χ3v) is 6.84. The first-order valence-corrected chi connectivity index (χ1v) is 12.3. The van der Waals surface area contributed by atoms with Gasteiger partial charge in [0.05, 0.1) is 48.5 Å². The molecular formula is C24H24F2N10O2. The standard InChI is InChI=1S/C24H24F2N10O2/c25-22(26)38-20-18(7-14(9-27)8-19(20)35-5-3-34(4-6-35)17-12-37-13-17)31-23-32-21-15(10-28)11-29-36(21)24(33-23)30-16-1-2-16/h7-8,11,16-17,22H,1-6,12-13H2,(H2,30,31,32,33). The molecule has 2 saturated heterocycles. The Morgan fingerprint density at radius 2 is 1.87 bits per heavy atom. The molecule has 0 spiro atoms. The molecule has 0 radical (unpaired) electrons. The number of nitrogens with zero attached hydrogens (tertiary/aromatic N) is 8. The lowest BCUT2D eigenvalue weighted by Crippen LogP contribution is -2.56. The average Bonchev–Trinajstić information content (AvgIpc) is 3.60. The number of hydrogen-bond donors (Lipinski definition) is 2. The Kier molecular flexibility index (Phi) is 6.27. The van der Waals surface area contributed by atoms with E-state index in [9.17, 15) is 19.3 Å². The molecule has 2 aromatic heterocycles. The van der Waals surface area contributed by atoms with Crippen molar-refractivity contribution >= 4 is 28.9 Å². The number of piperazine rings is 1. The molecule has 0 amide bonds. The highest BCUT2D eigenvalue weighted by molar-refractivity contribution is 5.78. The molecule has 3 aromatic rings. The van der Waals surface area contributed by atoms with E-state index < -0.39 is 6.61 Å². The minimum atomic E-state index is -3.09. The van der Waals surface area contributed by atoms with E-state index in [1.165, 1.54) is 16.8 Å². The van der Waals surface area contributed by atoms with Gasteiger partial charge in [0.15, 0.2) is 11.4 Å². The zero-order valence-corrected chi connectivity index (χ0v) is 20.3. The number of nitrogens with one attached hydrogen (secondary N) is 2. The van der Waals surface area contributed by atoms with Crippen molar-refractivity contribution in [2.45, 2.75) is 31.5 Å². The first-order valence-electron chi connectivity index (χ1n) is 12.3. The van der Waals surface area contributed by atoms with Gasteiger partial charge in [-0.15, -0.1) is 0 Å². The number of nitriles is 2. The zero-order valence-electron chi connectivity index (χ0n) is 20.3. The second kappa shape index (κ2) is 9.89. The van der Waals surface area contributed by atoms with Crippen LogP contribution in [0.1, 0.15) is 24.0 Å². The van der Waals surface area contributed by atoms with Crippen LogP contribution in [0.4, 0.5) is 32.1 Å². The van der Waals surface area contributed by atoms with Crippen molar-refractivity contribution in [3.8, 4) is 17.9 Å². The first kappa shape index (κ1) is 24.1. The summed E-state index contributed by atoms with van der Waals surface area (Å²) in [6.45, 7) is 0.916. The quantitative estimate of drug-likeness (QED) is 0.450. The van der Waals surface area contributed by atoms with Gasteiger partial charge in [0.1, 0.15) is 11.6 Å². The predicted octanol–water partition coefficient (Wildman–Crippen LogP) is 2.31. The molecule has 3 fully saturated rings. The number of ether oxygens (including phenoxy) is 2. The lowest BCUT2D eigenvalue weighted by molar-refractivity contribution is -0.0663. The van der Waals surface area contributed by atoms with Gasteiger partial charge in [-0.2, -0.15) is 38.9 Å². The van der Waals surface area contributed by atoms with Crippen LogP contribution in [0.5, 0.6) is 5.75 Å². The van der Waals surface area contributed by atoms with Crippen molar-refractivity contribution in [1.29, 1.82) is 10.5 Å². The number of fused-ring (bicyclic) bond motifs is 1. The summed E-state index contributed by atoms with van der Waals surface area (Å²) in [6.07, 6.45) is 3.34. The maximum absolute atomic E-state index is 13.6. The van der Waals surface area contributed by atoms with Gasteiger partial charge < -0.3 is 25.0 Å². The van der Waals surface area contributed by atoms with Crippen LogP contribution in [-0.2, 0) is 4.74 Å². The fourth-order valence-corrected chi connectivity index (χ4v) is 4.62. The Morgan fingerprint density at radius 3 is 2.50 bits per heavy atom. The van der Waals surface area contributed by atoms with Crippen molar-refractivity contribution in [3.63, 3.8) is 0 Å². The maximum Gasteiger partial charge on any atom is 0.387 e. The number of hydrogen-bond acceptors (Lipinski definition) is 11. The number of alkyl halides is 2. The lowest BCUT2D eigenvalue weighted by Gasteiger charge is -2.43. The van der Waals surface area contributed by atoms with E-state index in [1.807, 2.05) is 4.90 Å². The summed E-state index contributed by atoms with van der Waals surface area (Å²) in [6, 6.07) is 7.74. The summed E-state index contributed by atoms with van der Waals surface area (Å²) in [5.74, 6) is 0.312. The molecule has 196 valence electrons. The Balaban J connectivity index is 1.37. The van der Waals surface area contributed by atoms with E-state index in [4.69, 9.17) is 9.47 Å². The van der Waals surface area contributed by atoms with Crippen LogP contribution in [0.25, 0.3) is 5.65 Å². The molecule has 1 aliphatic carbocycles. The van der Waals surface area contributed by atoms with Gasteiger partial charge in [0, 0.05) is 32.2 Å². The molecule has 6 rings (SSSR count). The molecule has 3 aliphatic rings. The van der Waals surface area contributed by atoms with E-state index in [-0.39, 0.29) is 40.2 Å². The number of anilines is 4. The number of benzene rings is 1. The van der Waals surface area contributed by atoms with Crippen LogP contribution < -0.4 is 20.3 Å². The van der Waals surface area contributed by atoms with Gasteiger partial charge in [-0.1, -0.05) is 0 Å². The van der Waals surface area contributed by atoms with Crippen LogP contribution in [0.2, 0.25) is 0 Å². The number of rotatable bonds is 8. The van der Waals surface area contributed by atoms with Crippen LogP contribution in [0, 0.1) is 22.7 Å². The second-order valence-electron chi connectivity index (χ2n) is 9.40. The monoisotopic (exact) mass is 522 g/mol. The van der Waals surface area contributed by atoms with Gasteiger partial charge in [-0.3, -0.25) is 4.90 Å². The van der Waals surface area contributed by atoms with Crippen LogP contribution >= 0.6 is 0 Å². The molecular weight excluding hydrogens is 498 g/mol. The Morgan fingerprint density at radius 1 is 1.08 bits per heavy atom. The lowest BCUT2D eigenvalue weighted by atomic mass is 10.1. The molecule has 0 bridgehead atoms. The van der Waals surface area contributed by atoms with Gasteiger partial charge in [-0.05, 0) is 25.0 Å². The summed E-state index contributed by atoms with van der Waals surface area (Å²) >= 11 is 0. The van der Waals surface area contributed by atoms with Gasteiger partial charge in [0.2, 0.25) is 11.9 Å². The average molecular weight is 523 g/mol. The molecule has 1 saturated carbocycles. The fraction of sp³-hybridized carbons (Fsp3) is 0.458. The highest BCUT2D eigenvalue weighted by Gasteiger charge is 2.31. The van der Waals surface area contributed by atoms with Crippen LogP contribution in [-0.4, -0.2) is 82.6 Å². The van der Waals surface area contributed by atoms with E-state index >= 15 is 0 Å². The van der Waals surface area contributed by atoms with Crippen molar-refractivity contribution in [2.24, 2.45) is 0 Å². The second-order valence-corrected chi connectivity index (χ2v) is 9.40. The third kappa shape index (κ3) is 4.71. The number of aromatic nitrogens is 4. The predicted molar refractivity (Wildman–Crippen MR) is 132 cm³/mol. The summed E-state index contributed by atoms with van der Waals surface area (Å²) in [4.78, 5) is 13.2. The zero-order chi connectivity index (χ0) is 26.2. The normalized spacial score (nSPS) is 18.2. The maximum atomic E-state index is 13.6. The molecule has 2 aliphatic heterocycles. The summed E-state index contributed by atoms with van der Waals surface area (Å²) < 4.78 is 39.0. The molecule has 38 heavy (non-hydrogen) atoms. The van der Waals surface area contributed by atoms with Crippen LogP contribution in [0.3, 0.4) is 0 Å². The molecule has 2 N–H and O–H groups in total. The molecule has 12 nitrogen and oxygen atoms in total. The third-order valence-electron chi connectivity index (χ3n) is 6.84. The van der Waals surface area contributed by atoms with Crippen molar-refractivity contribution in [2.75, 3.05) is 54.9 Å².